The van der Waals surface area contributed by atoms with Crippen LogP contribution in [-0.4, -0.2) is 41.6 Å². The number of nitrogens with zero attached hydrogens (tertiary/aromatic N) is 1. The van der Waals surface area contributed by atoms with Crippen LogP contribution in [0.15, 0.2) is 24.3 Å². The number of nitrogens with one attached hydrogen (secondary N) is 2. The lowest BCUT2D eigenvalue weighted by atomic mass is 9.91. The van der Waals surface area contributed by atoms with E-state index in [1.807, 2.05) is 31.2 Å². The summed E-state index contributed by atoms with van der Waals surface area (Å²) < 4.78 is 0. The van der Waals surface area contributed by atoms with Gasteiger partial charge in [-0.2, -0.15) is 0 Å². The van der Waals surface area contributed by atoms with Gasteiger partial charge in [0.1, 0.15) is 0 Å². The van der Waals surface area contributed by atoms with Crippen molar-refractivity contribution in [2.75, 3.05) is 25.0 Å². The molecule has 1 fully saturated rings. The number of carbonyl (C=O) groups excluding carboxylic acids is 1. The first kappa shape index (κ1) is 18.1. The number of urea groups is 1. The molecule has 2 rings (SSSR count). The van der Waals surface area contributed by atoms with Gasteiger partial charge in [-0.3, -0.25) is 4.79 Å². The summed E-state index contributed by atoms with van der Waals surface area (Å²) in [7, 11) is 0. The Kier molecular flexibility index (Phi) is 6.46. The molecule has 24 heavy (non-hydrogen) atoms. The first-order chi connectivity index (χ1) is 11.5. The molecule has 6 nitrogen and oxygen atoms in total. The SMILES string of the molecule is CCCNc1ccc(CNC(=O)N2CC(C)CC(C(=O)O)C2)cc1. The number of aliphatic carboxylic acids is 1. The second-order valence-electron chi connectivity index (χ2n) is 6.56. The largest absolute Gasteiger partial charge is 0.481 e. The van der Waals surface area contributed by atoms with E-state index < -0.39 is 11.9 Å². The second-order valence-corrected chi connectivity index (χ2v) is 6.56. The highest BCUT2D eigenvalue weighted by molar-refractivity contribution is 5.76. The summed E-state index contributed by atoms with van der Waals surface area (Å²) in [6, 6.07) is 7.77. The smallest absolute Gasteiger partial charge is 0.317 e. The predicted octanol–water partition coefficient (Wildman–Crippen LogP) is 2.76. The molecule has 0 aliphatic carbocycles. The van der Waals surface area contributed by atoms with Crippen LogP contribution in [0.4, 0.5) is 10.5 Å². The number of carboxylic acids is 1. The fourth-order valence-electron chi connectivity index (χ4n) is 3.00. The number of carbonyl (C=O) groups is 2. The summed E-state index contributed by atoms with van der Waals surface area (Å²) in [5.41, 5.74) is 2.09. The Bertz CT molecular complexity index is 559. The zero-order valence-electron chi connectivity index (χ0n) is 14.4. The fraction of sp³-hybridized carbons (Fsp3) is 0.556. The Morgan fingerprint density at radius 2 is 1.96 bits per heavy atom. The summed E-state index contributed by atoms with van der Waals surface area (Å²) in [5, 5.41) is 15.4. The molecule has 0 spiro atoms. The van der Waals surface area contributed by atoms with E-state index in [0.29, 0.717) is 19.5 Å². The Balaban J connectivity index is 1.84. The summed E-state index contributed by atoms with van der Waals surface area (Å²) in [6.07, 6.45) is 1.70. The predicted molar refractivity (Wildman–Crippen MR) is 93.9 cm³/mol. The van der Waals surface area contributed by atoms with Crippen molar-refractivity contribution in [2.24, 2.45) is 11.8 Å². The third kappa shape index (κ3) is 5.15. The van der Waals surface area contributed by atoms with Gasteiger partial charge in [-0.25, -0.2) is 4.79 Å². The van der Waals surface area contributed by atoms with Crippen molar-refractivity contribution in [3.05, 3.63) is 29.8 Å². The molecule has 1 saturated heterocycles. The van der Waals surface area contributed by atoms with Crippen LogP contribution in [-0.2, 0) is 11.3 Å². The van der Waals surface area contributed by atoms with Crippen molar-refractivity contribution in [2.45, 2.75) is 33.2 Å². The van der Waals surface area contributed by atoms with Gasteiger partial charge in [0.2, 0.25) is 0 Å². The molecule has 1 aliphatic heterocycles. The number of carboxylic acid groups (broad SMARTS) is 1. The van der Waals surface area contributed by atoms with E-state index in [2.05, 4.69) is 17.6 Å². The molecule has 1 heterocycles. The number of hydrogen-bond donors (Lipinski definition) is 3. The molecule has 1 aliphatic rings. The van der Waals surface area contributed by atoms with Crippen LogP contribution in [0, 0.1) is 11.8 Å². The van der Waals surface area contributed by atoms with Crippen LogP contribution < -0.4 is 10.6 Å². The normalized spacial score (nSPS) is 20.5. The average Bonchev–Trinajstić information content (AvgIpc) is 2.58. The van der Waals surface area contributed by atoms with E-state index in [-0.39, 0.29) is 18.5 Å². The van der Waals surface area contributed by atoms with E-state index in [4.69, 9.17) is 0 Å². The van der Waals surface area contributed by atoms with E-state index in [9.17, 15) is 14.7 Å². The molecule has 1 aromatic rings. The minimum Gasteiger partial charge on any atom is -0.481 e. The molecule has 0 saturated carbocycles. The number of anilines is 1. The van der Waals surface area contributed by atoms with Gasteiger partial charge in [-0.15, -0.1) is 0 Å². The maximum absolute atomic E-state index is 12.3. The van der Waals surface area contributed by atoms with Crippen molar-refractivity contribution < 1.29 is 14.7 Å². The highest BCUT2D eigenvalue weighted by atomic mass is 16.4. The maximum atomic E-state index is 12.3. The number of amides is 2. The summed E-state index contributed by atoms with van der Waals surface area (Å²) in [6.45, 7) is 6.37. The molecule has 0 aromatic heterocycles. The molecule has 2 atom stereocenters. The average molecular weight is 333 g/mol. The van der Waals surface area contributed by atoms with Crippen LogP contribution in [0.2, 0.25) is 0 Å². The maximum Gasteiger partial charge on any atom is 0.317 e. The Hall–Kier alpha value is -2.24. The van der Waals surface area contributed by atoms with Crippen LogP contribution in [0.5, 0.6) is 0 Å². The van der Waals surface area contributed by atoms with Gasteiger partial charge < -0.3 is 20.6 Å². The van der Waals surface area contributed by atoms with E-state index >= 15 is 0 Å². The molecule has 0 radical (unpaired) electrons. The van der Waals surface area contributed by atoms with Crippen molar-refractivity contribution in [1.29, 1.82) is 0 Å². The fourth-order valence-corrected chi connectivity index (χ4v) is 3.00. The highest BCUT2D eigenvalue weighted by Crippen LogP contribution is 2.21. The van der Waals surface area contributed by atoms with Gasteiger partial charge in [0.05, 0.1) is 5.92 Å². The van der Waals surface area contributed by atoms with Crippen molar-refractivity contribution >= 4 is 17.7 Å². The molecule has 2 amide bonds. The number of benzene rings is 1. The summed E-state index contributed by atoms with van der Waals surface area (Å²) in [4.78, 5) is 25.1. The van der Waals surface area contributed by atoms with Crippen molar-refractivity contribution in [3.8, 4) is 0 Å². The highest BCUT2D eigenvalue weighted by Gasteiger charge is 2.31. The van der Waals surface area contributed by atoms with E-state index in [1.54, 1.807) is 4.90 Å². The molecule has 132 valence electrons. The second kappa shape index (κ2) is 8.57. The third-order valence-corrected chi connectivity index (χ3v) is 4.27. The quantitative estimate of drug-likeness (QED) is 0.748. The molecule has 2 unspecified atom stereocenters. The monoisotopic (exact) mass is 333 g/mol. The van der Waals surface area contributed by atoms with E-state index in [1.165, 1.54) is 0 Å². The standard InChI is InChI=1S/C18H27N3O3/c1-3-8-19-16-6-4-14(5-7-16)10-20-18(24)21-11-13(2)9-15(12-21)17(22)23/h4-7,13,15,19H,3,8-12H2,1-2H3,(H,20,24)(H,22,23). The molecule has 1 aromatic carbocycles. The van der Waals surface area contributed by atoms with Gasteiger partial charge in [0.25, 0.3) is 0 Å². The van der Waals surface area contributed by atoms with Crippen LogP contribution in [0.1, 0.15) is 32.3 Å². The lowest BCUT2D eigenvalue weighted by molar-refractivity contribution is -0.143. The molecule has 3 N–H and O–H groups in total. The lowest BCUT2D eigenvalue weighted by Gasteiger charge is -2.34. The number of likely N-dealkylation sites (tertiary alicyclic amines) is 1. The molecule has 6 heteroatoms. The van der Waals surface area contributed by atoms with Crippen LogP contribution >= 0.6 is 0 Å². The number of rotatable bonds is 6. The zero-order chi connectivity index (χ0) is 17.5. The van der Waals surface area contributed by atoms with Crippen molar-refractivity contribution in [1.82, 2.24) is 10.2 Å². The van der Waals surface area contributed by atoms with E-state index in [0.717, 1.165) is 24.2 Å². The van der Waals surface area contributed by atoms with Gasteiger partial charge in [0, 0.05) is 31.9 Å². The molecule has 0 bridgehead atoms. The summed E-state index contributed by atoms with van der Waals surface area (Å²) >= 11 is 0. The molecular weight excluding hydrogens is 306 g/mol. The van der Waals surface area contributed by atoms with Crippen LogP contribution in [0.25, 0.3) is 0 Å². The minimum atomic E-state index is -0.825. The van der Waals surface area contributed by atoms with Gasteiger partial charge in [-0.1, -0.05) is 26.0 Å². The molecular formula is C18H27N3O3. The minimum absolute atomic E-state index is 0.194. The van der Waals surface area contributed by atoms with Gasteiger partial charge >= 0.3 is 12.0 Å². The summed E-state index contributed by atoms with van der Waals surface area (Å²) in [5.74, 6) is -1.09. The number of piperidine rings is 1. The Morgan fingerprint density at radius 1 is 1.25 bits per heavy atom. The van der Waals surface area contributed by atoms with Gasteiger partial charge in [-0.05, 0) is 36.5 Å². The van der Waals surface area contributed by atoms with Gasteiger partial charge in [0.15, 0.2) is 0 Å². The topological polar surface area (TPSA) is 81.7 Å². The Labute approximate surface area is 143 Å². The number of hydrogen-bond acceptors (Lipinski definition) is 3. The first-order valence-corrected chi connectivity index (χ1v) is 8.58. The third-order valence-electron chi connectivity index (χ3n) is 4.27. The Morgan fingerprint density at radius 3 is 2.58 bits per heavy atom. The zero-order valence-corrected chi connectivity index (χ0v) is 14.4. The van der Waals surface area contributed by atoms with Crippen LogP contribution in [0.3, 0.4) is 0 Å². The lowest BCUT2D eigenvalue weighted by Crippen LogP contribution is -2.49. The first-order valence-electron chi connectivity index (χ1n) is 8.58. The van der Waals surface area contributed by atoms with Crippen molar-refractivity contribution in [3.63, 3.8) is 0 Å².